The molecule has 0 saturated carbocycles. The number of aromatic hydroxyl groups is 1. The summed E-state index contributed by atoms with van der Waals surface area (Å²) < 4.78 is 0. The van der Waals surface area contributed by atoms with Gasteiger partial charge >= 0.3 is 0 Å². The fourth-order valence-electron chi connectivity index (χ4n) is 2.98. The van der Waals surface area contributed by atoms with Crippen LogP contribution in [0.5, 0.6) is 5.75 Å². The monoisotopic (exact) mass is 364 g/mol. The smallest absolute Gasteiger partial charge is 0.140 e. The molecule has 0 aromatic heterocycles. The minimum absolute atomic E-state index is 0.392. The number of phenolic OH excluding ortho intramolecular Hbond substituents is 1. The number of aliphatic hydroxyl groups excluding tert-OH is 1. The highest BCUT2D eigenvalue weighted by Gasteiger charge is 2.36. The highest BCUT2D eigenvalue weighted by atomic mass is 16.3. The Labute approximate surface area is 161 Å². The van der Waals surface area contributed by atoms with Crippen molar-refractivity contribution < 1.29 is 15.3 Å². The third kappa shape index (κ3) is 4.57. The molecule has 0 radical (unpaired) electrons. The lowest BCUT2D eigenvalue weighted by molar-refractivity contribution is -0.0394. The molecule has 0 amide bonds. The van der Waals surface area contributed by atoms with Crippen LogP contribution in [0.3, 0.4) is 0 Å². The normalized spacial score (nSPS) is 12.1. The standard InChI is InChI=1S/C15H16O2.C9H12O/c1-12(16)15(17,13-8-4-2-5-9-13)14-10-6-3-7-11-14;1-6-4-5-9(10)8(3)7(6)2/h2-12,16-17H,1H3;4-5,10H,1-3H3. The Morgan fingerprint density at radius 1 is 0.704 bits per heavy atom. The van der Waals surface area contributed by atoms with E-state index in [4.69, 9.17) is 0 Å². The summed E-state index contributed by atoms with van der Waals surface area (Å²) in [7, 11) is 0. The van der Waals surface area contributed by atoms with Gasteiger partial charge in [0.05, 0.1) is 6.10 Å². The summed E-state index contributed by atoms with van der Waals surface area (Å²) in [6.07, 6.45) is -0.882. The molecule has 3 rings (SSSR count). The molecule has 3 aromatic carbocycles. The van der Waals surface area contributed by atoms with Gasteiger partial charge in [0.15, 0.2) is 0 Å². The predicted molar refractivity (Wildman–Crippen MR) is 110 cm³/mol. The van der Waals surface area contributed by atoms with Crippen LogP contribution in [0.2, 0.25) is 0 Å². The van der Waals surface area contributed by atoms with Crippen molar-refractivity contribution in [2.24, 2.45) is 0 Å². The van der Waals surface area contributed by atoms with Gasteiger partial charge in [-0.1, -0.05) is 66.7 Å². The molecule has 0 spiro atoms. The Morgan fingerprint density at radius 2 is 1.15 bits per heavy atom. The molecular weight excluding hydrogens is 336 g/mol. The number of hydrogen-bond acceptors (Lipinski definition) is 3. The Balaban J connectivity index is 0.000000223. The van der Waals surface area contributed by atoms with Gasteiger partial charge in [-0.3, -0.25) is 0 Å². The van der Waals surface area contributed by atoms with E-state index in [2.05, 4.69) is 0 Å². The summed E-state index contributed by atoms with van der Waals surface area (Å²) in [5.41, 5.74) is 3.43. The molecule has 0 heterocycles. The van der Waals surface area contributed by atoms with Crippen LogP contribution in [-0.2, 0) is 5.60 Å². The second-order valence-electron chi connectivity index (χ2n) is 6.83. The highest BCUT2D eigenvalue weighted by Crippen LogP contribution is 2.32. The van der Waals surface area contributed by atoms with E-state index < -0.39 is 11.7 Å². The van der Waals surface area contributed by atoms with Crippen LogP contribution in [0.4, 0.5) is 0 Å². The Morgan fingerprint density at radius 3 is 1.52 bits per heavy atom. The number of rotatable bonds is 3. The predicted octanol–water partition coefficient (Wildman–Crippen LogP) is 4.62. The molecule has 0 bridgehead atoms. The van der Waals surface area contributed by atoms with E-state index in [1.165, 1.54) is 11.1 Å². The van der Waals surface area contributed by atoms with Crippen molar-refractivity contribution in [1.82, 2.24) is 0 Å². The zero-order chi connectivity index (χ0) is 20.0. The number of phenols is 1. The Bertz CT molecular complexity index is 789. The molecule has 142 valence electrons. The number of aryl methyl sites for hydroxylation is 1. The Kier molecular flexibility index (Phi) is 6.78. The minimum Gasteiger partial charge on any atom is -0.508 e. The summed E-state index contributed by atoms with van der Waals surface area (Å²) in [6.45, 7) is 7.59. The van der Waals surface area contributed by atoms with E-state index in [1.807, 2.05) is 87.5 Å². The van der Waals surface area contributed by atoms with Crippen LogP contribution in [0.25, 0.3) is 0 Å². The van der Waals surface area contributed by atoms with Gasteiger partial charge in [-0.2, -0.15) is 0 Å². The molecule has 3 aromatic rings. The van der Waals surface area contributed by atoms with Crippen LogP contribution in [0.1, 0.15) is 34.7 Å². The van der Waals surface area contributed by atoms with E-state index >= 15 is 0 Å². The number of hydrogen-bond donors (Lipinski definition) is 3. The van der Waals surface area contributed by atoms with E-state index in [0.29, 0.717) is 16.9 Å². The summed E-state index contributed by atoms with van der Waals surface area (Å²) in [5.74, 6) is 0.392. The van der Waals surface area contributed by atoms with Crippen molar-refractivity contribution in [1.29, 1.82) is 0 Å². The molecule has 3 nitrogen and oxygen atoms in total. The summed E-state index contributed by atoms with van der Waals surface area (Å²) in [6, 6.07) is 22.1. The summed E-state index contributed by atoms with van der Waals surface area (Å²) in [4.78, 5) is 0. The molecule has 0 fully saturated rings. The van der Waals surface area contributed by atoms with Gasteiger partial charge in [0.25, 0.3) is 0 Å². The van der Waals surface area contributed by atoms with Crippen molar-refractivity contribution in [2.75, 3.05) is 0 Å². The zero-order valence-corrected chi connectivity index (χ0v) is 16.3. The number of benzene rings is 3. The molecule has 27 heavy (non-hydrogen) atoms. The van der Waals surface area contributed by atoms with E-state index in [-0.39, 0.29) is 0 Å². The van der Waals surface area contributed by atoms with Gasteiger partial charge in [-0.05, 0) is 61.6 Å². The molecule has 1 atom stereocenters. The molecule has 0 aliphatic carbocycles. The summed E-state index contributed by atoms with van der Waals surface area (Å²) >= 11 is 0. The third-order valence-electron chi connectivity index (χ3n) is 5.06. The second kappa shape index (κ2) is 8.85. The minimum atomic E-state index is -1.36. The molecule has 3 heteroatoms. The first-order chi connectivity index (χ1) is 12.8. The fourth-order valence-corrected chi connectivity index (χ4v) is 2.98. The van der Waals surface area contributed by atoms with Gasteiger partial charge in [0.2, 0.25) is 0 Å². The van der Waals surface area contributed by atoms with Gasteiger partial charge in [-0.15, -0.1) is 0 Å². The van der Waals surface area contributed by atoms with E-state index in [9.17, 15) is 15.3 Å². The largest absolute Gasteiger partial charge is 0.508 e. The Hall–Kier alpha value is -2.62. The maximum absolute atomic E-state index is 10.8. The maximum Gasteiger partial charge on any atom is 0.140 e. The van der Waals surface area contributed by atoms with Crippen molar-refractivity contribution in [2.45, 2.75) is 39.4 Å². The van der Waals surface area contributed by atoms with Crippen LogP contribution in [0.15, 0.2) is 72.8 Å². The van der Waals surface area contributed by atoms with Crippen molar-refractivity contribution in [3.63, 3.8) is 0 Å². The molecule has 0 aliphatic heterocycles. The van der Waals surface area contributed by atoms with Crippen LogP contribution in [0, 0.1) is 20.8 Å². The van der Waals surface area contributed by atoms with Crippen molar-refractivity contribution in [3.8, 4) is 5.75 Å². The average molecular weight is 364 g/mol. The van der Waals surface area contributed by atoms with E-state index in [1.54, 1.807) is 13.0 Å². The number of aliphatic hydroxyl groups is 2. The fraction of sp³-hybridized carbons (Fsp3) is 0.250. The zero-order valence-electron chi connectivity index (χ0n) is 16.3. The SMILES string of the molecule is CC(O)C(O)(c1ccccc1)c1ccccc1.Cc1ccc(O)c(C)c1C. The van der Waals surface area contributed by atoms with Gasteiger partial charge in [0, 0.05) is 0 Å². The van der Waals surface area contributed by atoms with Gasteiger partial charge in [0.1, 0.15) is 11.4 Å². The van der Waals surface area contributed by atoms with Gasteiger partial charge in [-0.25, -0.2) is 0 Å². The first-order valence-electron chi connectivity index (χ1n) is 9.05. The maximum atomic E-state index is 10.8. The quantitative estimate of drug-likeness (QED) is 0.635. The van der Waals surface area contributed by atoms with Crippen molar-refractivity contribution in [3.05, 3.63) is 101 Å². The first-order valence-corrected chi connectivity index (χ1v) is 9.05. The second-order valence-corrected chi connectivity index (χ2v) is 6.83. The van der Waals surface area contributed by atoms with Crippen LogP contribution >= 0.6 is 0 Å². The lowest BCUT2D eigenvalue weighted by Gasteiger charge is -2.32. The van der Waals surface area contributed by atoms with Crippen LogP contribution in [-0.4, -0.2) is 21.4 Å². The summed E-state index contributed by atoms with van der Waals surface area (Å²) in [5, 5.41) is 29.9. The molecule has 1 unspecified atom stereocenters. The molecular formula is C24H28O3. The average Bonchev–Trinajstić information content (AvgIpc) is 2.70. The molecule has 3 N–H and O–H groups in total. The molecule has 0 saturated heterocycles. The van der Waals surface area contributed by atoms with E-state index in [0.717, 1.165) is 5.56 Å². The van der Waals surface area contributed by atoms with Gasteiger partial charge < -0.3 is 15.3 Å². The first kappa shape index (κ1) is 20.7. The van der Waals surface area contributed by atoms with Crippen LogP contribution < -0.4 is 0 Å². The topological polar surface area (TPSA) is 60.7 Å². The molecule has 0 aliphatic rings. The highest BCUT2D eigenvalue weighted by molar-refractivity contribution is 5.41. The van der Waals surface area contributed by atoms with Crippen molar-refractivity contribution >= 4 is 0 Å². The lowest BCUT2D eigenvalue weighted by Crippen LogP contribution is -2.38. The third-order valence-corrected chi connectivity index (χ3v) is 5.06. The lowest BCUT2D eigenvalue weighted by atomic mass is 9.82.